The monoisotopic (exact) mass is 222 g/mol. The van der Waals surface area contributed by atoms with Crippen LogP contribution >= 0.6 is 24.8 Å². The Morgan fingerprint density at radius 3 is 2.15 bits per heavy atom. The van der Waals surface area contributed by atoms with E-state index in [1.165, 1.54) is 5.56 Å². The predicted octanol–water partition coefficient (Wildman–Crippen LogP) is 2.14. The third-order valence-corrected chi connectivity index (χ3v) is 1.44. The molecule has 0 bridgehead atoms. The molecular weight excluding hydrogens is 207 g/mol. The van der Waals surface area contributed by atoms with Gasteiger partial charge in [0.2, 0.25) is 0 Å². The maximum atomic E-state index is 3.10. The fraction of sp³-hybridized carbons (Fsp3) is 0.333. The smallest absolute Gasteiger partial charge is 0.0351 e. The van der Waals surface area contributed by atoms with Gasteiger partial charge >= 0.3 is 0 Å². The summed E-state index contributed by atoms with van der Waals surface area (Å²) in [6.07, 6.45) is 0. The zero-order valence-electron chi connectivity index (χ0n) is 7.62. The zero-order valence-corrected chi connectivity index (χ0v) is 9.25. The number of nitrogens with one attached hydrogen (secondary N) is 2. The number of halogens is 2. The maximum Gasteiger partial charge on any atom is 0.0351 e. The Morgan fingerprint density at radius 1 is 1.00 bits per heavy atom. The van der Waals surface area contributed by atoms with Crippen molar-refractivity contribution in [1.29, 1.82) is 0 Å². The molecule has 2 nitrogen and oxygen atoms in total. The summed E-state index contributed by atoms with van der Waals surface area (Å²) in [5.41, 5.74) is 7.45. The molecule has 0 amide bonds. The van der Waals surface area contributed by atoms with Crippen molar-refractivity contribution in [3.63, 3.8) is 0 Å². The van der Waals surface area contributed by atoms with Gasteiger partial charge < -0.3 is 0 Å². The molecule has 0 saturated heterocycles. The largest absolute Gasteiger partial charge is 0.258 e. The minimum absolute atomic E-state index is 0. The van der Waals surface area contributed by atoms with Crippen LogP contribution in [0.3, 0.4) is 0 Å². The molecule has 1 aromatic carbocycles. The quantitative estimate of drug-likeness (QED) is 0.603. The lowest BCUT2D eigenvalue weighted by atomic mass is 10.2. The second kappa shape index (κ2) is 9.81. The maximum absolute atomic E-state index is 3.10. The fourth-order valence-corrected chi connectivity index (χ4v) is 0.885. The third-order valence-electron chi connectivity index (χ3n) is 1.44. The topological polar surface area (TPSA) is 24.1 Å². The Hall–Kier alpha value is -0.280. The molecule has 1 aromatic rings. The Labute approximate surface area is 91.9 Å². The van der Waals surface area contributed by atoms with Crippen molar-refractivity contribution in [3.05, 3.63) is 35.9 Å². The number of rotatable bonds is 4. The van der Waals surface area contributed by atoms with Crippen LogP contribution in [-0.4, -0.2) is 6.54 Å². The van der Waals surface area contributed by atoms with Gasteiger partial charge in [-0.1, -0.05) is 37.3 Å². The molecule has 0 saturated carbocycles. The first-order valence-electron chi connectivity index (χ1n) is 3.93. The van der Waals surface area contributed by atoms with Gasteiger partial charge in [-0.3, -0.25) is 10.9 Å². The molecule has 0 aliphatic heterocycles. The van der Waals surface area contributed by atoms with Crippen molar-refractivity contribution in [2.24, 2.45) is 0 Å². The Bertz CT molecular complexity index is 192. The van der Waals surface area contributed by atoms with Crippen molar-refractivity contribution in [1.82, 2.24) is 10.9 Å². The summed E-state index contributed by atoms with van der Waals surface area (Å²) in [5.74, 6) is 0. The van der Waals surface area contributed by atoms with E-state index in [4.69, 9.17) is 0 Å². The molecule has 0 aliphatic carbocycles. The molecule has 0 aromatic heterocycles. The van der Waals surface area contributed by atoms with Crippen LogP contribution in [0.25, 0.3) is 0 Å². The van der Waals surface area contributed by atoms with Crippen LogP contribution in [0.1, 0.15) is 12.5 Å². The number of hydrogen-bond acceptors (Lipinski definition) is 2. The Kier molecular flexibility index (Phi) is 11.5. The summed E-state index contributed by atoms with van der Waals surface area (Å²) >= 11 is 0. The molecule has 0 spiro atoms. The Balaban J connectivity index is 0. The van der Waals surface area contributed by atoms with Crippen LogP contribution in [-0.2, 0) is 6.54 Å². The van der Waals surface area contributed by atoms with E-state index in [0.29, 0.717) is 0 Å². The SMILES string of the molecule is CCNNCc1ccccc1.Cl.Cl. The van der Waals surface area contributed by atoms with E-state index in [2.05, 4.69) is 29.9 Å². The van der Waals surface area contributed by atoms with E-state index in [0.717, 1.165) is 13.1 Å². The third kappa shape index (κ3) is 6.84. The molecule has 4 heteroatoms. The van der Waals surface area contributed by atoms with Gasteiger partial charge in [0.15, 0.2) is 0 Å². The van der Waals surface area contributed by atoms with Crippen molar-refractivity contribution < 1.29 is 0 Å². The average Bonchev–Trinajstić information content (AvgIpc) is 2.07. The fourth-order valence-electron chi connectivity index (χ4n) is 0.885. The highest BCUT2D eigenvalue weighted by Gasteiger charge is 1.86. The summed E-state index contributed by atoms with van der Waals surface area (Å²) in [6.45, 7) is 3.90. The van der Waals surface area contributed by atoms with Crippen LogP contribution in [0, 0.1) is 0 Å². The van der Waals surface area contributed by atoms with Crippen LogP contribution in [0.4, 0.5) is 0 Å². The highest BCUT2D eigenvalue weighted by Crippen LogP contribution is 1.95. The molecule has 0 aliphatic rings. The summed E-state index contributed by atoms with van der Waals surface area (Å²) in [5, 5.41) is 0. The second-order valence-corrected chi connectivity index (χ2v) is 2.37. The van der Waals surface area contributed by atoms with Gasteiger partial charge in [0.1, 0.15) is 0 Å². The van der Waals surface area contributed by atoms with Crippen molar-refractivity contribution in [2.75, 3.05) is 6.54 Å². The van der Waals surface area contributed by atoms with E-state index in [-0.39, 0.29) is 24.8 Å². The summed E-state index contributed by atoms with van der Waals surface area (Å²) in [4.78, 5) is 0. The molecule has 0 fully saturated rings. The van der Waals surface area contributed by atoms with E-state index in [1.807, 2.05) is 18.2 Å². The lowest BCUT2D eigenvalue weighted by Gasteiger charge is -2.03. The standard InChI is InChI=1S/C9H14N2.2ClH/c1-2-10-11-8-9-6-4-3-5-7-9;;/h3-7,10-11H,2,8H2,1H3;2*1H. The van der Waals surface area contributed by atoms with Gasteiger partial charge in [0.25, 0.3) is 0 Å². The van der Waals surface area contributed by atoms with Crippen LogP contribution in [0.15, 0.2) is 30.3 Å². The minimum Gasteiger partial charge on any atom is -0.258 e. The number of hydrazine groups is 1. The number of hydrogen-bond donors (Lipinski definition) is 2. The van der Waals surface area contributed by atoms with E-state index in [9.17, 15) is 0 Å². The first-order valence-corrected chi connectivity index (χ1v) is 3.93. The molecule has 0 unspecified atom stereocenters. The average molecular weight is 223 g/mol. The summed E-state index contributed by atoms with van der Waals surface area (Å²) < 4.78 is 0. The van der Waals surface area contributed by atoms with Gasteiger partial charge in [-0.05, 0) is 5.56 Å². The first kappa shape index (κ1) is 15.2. The van der Waals surface area contributed by atoms with E-state index in [1.54, 1.807) is 0 Å². The zero-order chi connectivity index (χ0) is 7.94. The molecule has 76 valence electrons. The lowest BCUT2D eigenvalue weighted by Crippen LogP contribution is -2.30. The van der Waals surface area contributed by atoms with Crippen LogP contribution < -0.4 is 10.9 Å². The van der Waals surface area contributed by atoms with Crippen LogP contribution in [0.2, 0.25) is 0 Å². The van der Waals surface area contributed by atoms with Gasteiger partial charge in [0.05, 0.1) is 0 Å². The predicted molar refractivity (Wildman–Crippen MR) is 61.5 cm³/mol. The molecule has 2 N–H and O–H groups in total. The van der Waals surface area contributed by atoms with Gasteiger partial charge in [-0.15, -0.1) is 24.8 Å². The normalized spacial score (nSPS) is 8.38. The molecule has 0 heterocycles. The van der Waals surface area contributed by atoms with E-state index < -0.39 is 0 Å². The molecule has 0 atom stereocenters. The van der Waals surface area contributed by atoms with Crippen LogP contribution in [0.5, 0.6) is 0 Å². The highest BCUT2D eigenvalue weighted by atomic mass is 35.5. The molecule has 13 heavy (non-hydrogen) atoms. The van der Waals surface area contributed by atoms with E-state index >= 15 is 0 Å². The van der Waals surface area contributed by atoms with Gasteiger partial charge in [0, 0.05) is 13.1 Å². The first-order chi connectivity index (χ1) is 5.43. The highest BCUT2D eigenvalue weighted by molar-refractivity contribution is 5.85. The lowest BCUT2D eigenvalue weighted by molar-refractivity contribution is 0.550. The summed E-state index contributed by atoms with van der Waals surface area (Å²) in [7, 11) is 0. The van der Waals surface area contributed by atoms with Crippen molar-refractivity contribution in [3.8, 4) is 0 Å². The molecule has 0 radical (unpaired) electrons. The summed E-state index contributed by atoms with van der Waals surface area (Å²) in [6, 6.07) is 10.3. The van der Waals surface area contributed by atoms with Gasteiger partial charge in [-0.25, -0.2) is 0 Å². The minimum atomic E-state index is 0. The second-order valence-electron chi connectivity index (χ2n) is 2.37. The molecule has 1 rings (SSSR count). The Morgan fingerprint density at radius 2 is 1.62 bits per heavy atom. The molecular formula is C9H16Cl2N2. The van der Waals surface area contributed by atoms with Gasteiger partial charge in [-0.2, -0.15) is 0 Å². The van der Waals surface area contributed by atoms with Crippen molar-refractivity contribution >= 4 is 24.8 Å². The number of benzene rings is 1. The van der Waals surface area contributed by atoms with Crippen molar-refractivity contribution in [2.45, 2.75) is 13.5 Å².